The van der Waals surface area contributed by atoms with E-state index >= 15 is 0 Å². The van der Waals surface area contributed by atoms with Crippen molar-refractivity contribution in [2.75, 3.05) is 19.8 Å². The second-order valence-electron chi connectivity index (χ2n) is 6.18. The molecule has 0 N–H and O–H groups in total. The van der Waals surface area contributed by atoms with E-state index in [0.29, 0.717) is 19.8 Å². The summed E-state index contributed by atoms with van der Waals surface area (Å²) in [7, 11) is 0. The van der Waals surface area contributed by atoms with Crippen molar-refractivity contribution < 1.29 is 14.2 Å². The fraction of sp³-hybridized carbons (Fsp3) is 0.625. The molecule has 106 valence electrons. The Hall–Kier alpha value is -1.06. The summed E-state index contributed by atoms with van der Waals surface area (Å²) >= 11 is 0. The Morgan fingerprint density at radius 1 is 1.16 bits per heavy atom. The van der Waals surface area contributed by atoms with Gasteiger partial charge in [0.25, 0.3) is 0 Å². The highest BCUT2D eigenvalue weighted by Crippen LogP contribution is 2.31. The average Bonchev–Trinajstić information content (AvgIpc) is 2.76. The molecule has 1 aromatic carbocycles. The summed E-state index contributed by atoms with van der Waals surface area (Å²) in [5.41, 5.74) is 1.31. The highest BCUT2D eigenvalue weighted by molar-refractivity contribution is 5.38. The van der Waals surface area contributed by atoms with Crippen LogP contribution in [0.2, 0.25) is 0 Å². The fourth-order valence-corrected chi connectivity index (χ4v) is 2.26. The standard InChI is InChI=1S/C16H24O3/c1-15(2,3)13-7-5-6-8-14(13)17-10-9-16(4)18-11-12-19-16/h5-8H,9-12H2,1-4H3. The largest absolute Gasteiger partial charge is 0.493 e. The predicted molar refractivity (Wildman–Crippen MR) is 75.6 cm³/mol. The molecule has 0 amide bonds. The van der Waals surface area contributed by atoms with Gasteiger partial charge >= 0.3 is 0 Å². The molecule has 3 nitrogen and oxygen atoms in total. The third-order valence-corrected chi connectivity index (χ3v) is 3.41. The lowest BCUT2D eigenvalue weighted by molar-refractivity contribution is -0.150. The maximum absolute atomic E-state index is 5.93. The summed E-state index contributed by atoms with van der Waals surface area (Å²) in [5.74, 6) is 0.480. The molecule has 1 saturated heterocycles. The van der Waals surface area contributed by atoms with Gasteiger partial charge in [0.2, 0.25) is 0 Å². The van der Waals surface area contributed by atoms with Crippen LogP contribution in [0.15, 0.2) is 24.3 Å². The number of benzene rings is 1. The summed E-state index contributed by atoms with van der Waals surface area (Å²) in [6.07, 6.45) is 0.742. The van der Waals surface area contributed by atoms with Gasteiger partial charge in [-0.3, -0.25) is 0 Å². The van der Waals surface area contributed by atoms with E-state index in [4.69, 9.17) is 14.2 Å². The first-order valence-corrected chi connectivity index (χ1v) is 6.91. The fourth-order valence-electron chi connectivity index (χ4n) is 2.26. The molecule has 1 heterocycles. The van der Waals surface area contributed by atoms with Gasteiger partial charge in [-0.2, -0.15) is 0 Å². The summed E-state index contributed by atoms with van der Waals surface area (Å²) < 4.78 is 17.1. The monoisotopic (exact) mass is 264 g/mol. The summed E-state index contributed by atoms with van der Waals surface area (Å²) in [6.45, 7) is 10.5. The van der Waals surface area contributed by atoms with Gasteiger partial charge in [-0.25, -0.2) is 0 Å². The van der Waals surface area contributed by atoms with E-state index in [-0.39, 0.29) is 5.41 Å². The van der Waals surface area contributed by atoms with Crippen LogP contribution < -0.4 is 4.74 Å². The Balaban J connectivity index is 1.96. The van der Waals surface area contributed by atoms with Crippen LogP contribution in [0.3, 0.4) is 0 Å². The molecule has 2 rings (SSSR count). The molecule has 1 aromatic rings. The van der Waals surface area contributed by atoms with Crippen LogP contribution in [-0.4, -0.2) is 25.6 Å². The first-order valence-electron chi connectivity index (χ1n) is 6.91. The van der Waals surface area contributed by atoms with Gasteiger partial charge in [-0.1, -0.05) is 39.0 Å². The summed E-state index contributed by atoms with van der Waals surface area (Å²) in [6, 6.07) is 8.21. The second kappa shape index (κ2) is 5.51. The van der Waals surface area contributed by atoms with Crippen molar-refractivity contribution in [2.24, 2.45) is 0 Å². The molecule has 0 bridgehead atoms. The van der Waals surface area contributed by atoms with Crippen molar-refractivity contribution in [2.45, 2.75) is 45.3 Å². The zero-order valence-corrected chi connectivity index (χ0v) is 12.4. The molecule has 19 heavy (non-hydrogen) atoms. The number of ether oxygens (including phenoxy) is 3. The number of hydrogen-bond acceptors (Lipinski definition) is 3. The van der Waals surface area contributed by atoms with Gasteiger partial charge < -0.3 is 14.2 Å². The SMILES string of the molecule is CC1(CCOc2ccccc2C(C)(C)C)OCCO1. The van der Waals surface area contributed by atoms with Crippen LogP contribution in [0.5, 0.6) is 5.75 Å². The molecular weight excluding hydrogens is 240 g/mol. The van der Waals surface area contributed by atoms with E-state index in [0.717, 1.165) is 12.2 Å². The molecule has 0 saturated carbocycles. The zero-order chi connectivity index (χ0) is 13.9. The molecule has 0 aliphatic carbocycles. The minimum atomic E-state index is -0.476. The summed E-state index contributed by atoms with van der Waals surface area (Å²) in [5, 5.41) is 0. The normalized spacial score (nSPS) is 18.5. The third kappa shape index (κ3) is 3.71. The lowest BCUT2D eigenvalue weighted by Crippen LogP contribution is -2.28. The Labute approximate surface area is 115 Å². The van der Waals surface area contributed by atoms with Gasteiger partial charge in [0, 0.05) is 6.42 Å². The summed E-state index contributed by atoms with van der Waals surface area (Å²) in [4.78, 5) is 0. The molecule has 0 spiro atoms. The molecule has 1 fully saturated rings. The lowest BCUT2D eigenvalue weighted by atomic mass is 9.86. The van der Waals surface area contributed by atoms with E-state index in [1.807, 2.05) is 19.1 Å². The van der Waals surface area contributed by atoms with Crippen molar-refractivity contribution in [3.05, 3.63) is 29.8 Å². The molecule has 0 aromatic heterocycles. The van der Waals surface area contributed by atoms with E-state index < -0.39 is 5.79 Å². The maximum atomic E-state index is 5.93. The van der Waals surface area contributed by atoms with E-state index in [1.165, 1.54) is 5.56 Å². The highest BCUT2D eigenvalue weighted by atomic mass is 16.7. The topological polar surface area (TPSA) is 27.7 Å². The van der Waals surface area contributed by atoms with Crippen LogP contribution in [0.4, 0.5) is 0 Å². The first-order chi connectivity index (χ1) is 8.91. The molecular formula is C16H24O3. The van der Waals surface area contributed by atoms with Gasteiger partial charge in [-0.05, 0) is 24.0 Å². The van der Waals surface area contributed by atoms with E-state index in [1.54, 1.807) is 0 Å². The number of hydrogen-bond donors (Lipinski definition) is 0. The highest BCUT2D eigenvalue weighted by Gasteiger charge is 2.30. The molecule has 0 radical (unpaired) electrons. The van der Waals surface area contributed by atoms with Crippen LogP contribution in [0, 0.1) is 0 Å². The van der Waals surface area contributed by atoms with Crippen molar-refractivity contribution in [1.82, 2.24) is 0 Å². The minimum absolute atomic E-state index is 0.0842. The van der Waals surface area contributed by atoms with Crippen LogP contribution in [-0.2, 0) is 14.9 Å². The van der Waals surface area contributed by atoms with Crippen molar-refractivity contribution in [3.63, 3.8) is 0 Å². The third-order valence-electron chi connectivity index (χ3n) is 3.41. The second-order valence-corrected chi connectivity index (χ2v) is 6.18. The minimum Gasteiger partial charge on any atom is -0.493 e. The van der Waals surface area contributed by atoms with Crippen molar-refractivity contribution in [1.29, 1.82) is 0 Å². The van der Waals surface area contributed by atoms with Gasteiger partial charge in [0.05, 0.1) is 19.8 Å². The smallest absolute Gasteiger partial charge is 0.168 e. The van der Waals surface area contributed by atoms with Crippen molar-refractivity contribution in [3.8, 4) is 5.75 Å². The van der Waals surface area contributed by atoms with Crippen molar-refractivity contribution >= 4 is 0 Å². The number of rotatable bonds is 4. The zero-order valence-electron chi connectivity index (χ0n) is 12.4. The van der Waals surface area contributed by atoms with Gasteiger partial charge in [-0.15, -0.1) is 0 Å². The molecule has 1 aliphatic heterocycles. The van der Waals surface area contributed by atoms with Crippen LogP contribution in [0.1, 0.15) is 39.7 Å². The van der Waals surface area contributed by atoms with Crippen LogP contribution >= 0.6 is 0 Å². The van der Waals surface area contributed by atoms with Gasteiger partial charge in [0.15, 0.2) is 5.79 Å². The maximum Gasteiger partial charge on any atom is 0.168 e. The van der Waals surface area contributed by atoms with Crippen LogP contribution in [0.25, 0.3) is 0 Å². The van der Waals surface area contributed by atoms with E-state index in [9.17, 15) is 0 Å². The lowest BCUT2D eigenvalue weighted by Gasteiger charge is -2.25. The molecule has 0 unspecified atom stereocenters. The molecule has 3 heteroatoms. The Morgan fingerprint density at radius 2 is 1.79 bits per heavy atom. The Bertz CT molecular complexity index is 414. The van der Waals surface area contributed by atoms with E-state index in [2.05, 4.69) is 32.9 Å². The predicted octanol–water partition coefficient (Wildman–Crippen LogP) is 3.52. The molecule has 1 aliphatic rings. The van der Waals surface area contributed by atoms with Gasteiger partial charge in [0.1, 0.15) is 5.75 Å². The Kier molecular flexibility index (Phi) is 4.16. The Morgan fingerprint density at radius 3 is 2.42 bits per heavy atom. The number of para-hydroxylation sites is 1. The first kappa shape index (κ1) is 14.4. The molecule has 0 atom stereocenters. The quantitative estimate of drug-likeness (QED) is 0.833. The average molecular weight is 264 g/mol.